The molecule has 0 heterocycles. The van der Waals surface area contributed by atoms with Crippen LogP contribution in [-0.2, 0) is 4.79 Å². The van der Waals surface area contributed by atoms with Crippen molar-refractivity contribution in [2.45, 2.75) is 53.4 Å². The van der Waals surface area contributed by atoms with Crippen LogP contribution in [0.4, 0.5) is 5.69 Å². The monoisotopic (exact) mass is 247 g/mol. The zero-order valence-corrected chi connectivity index (χ0v) is 12.0. The van der Waals surface area contributed by atoms with Gasteiger partial charge in [0.25, 0.3) is 0 Å². The number of rotatable bonds is 6. The molecule has 0 aromatic heterocycles. The Balaban J connectivity index is 2.70. The molecule has 1 N–H and O–H groups in total. The molecule has 0 aliphatic carbocycles. The SMILES string of the molecule is CCCC[C@H](CC)C(=O)Nc1cccc(C)c1C. The second kappa shape index (κ2) is 7.20. The number of benzene rings is 1. The van der Waals surface area contributed by atoms with Gasteiger partial charge in [-0.3, -0.25) is 4.79 Å². The van der Waals surface area contributed by atoms with Crippen LogP contribution in [0, 0.1) is 19.8 Å². The molecule has 18 heavy (non-hydrogen) atoms. The molecular formula is C16H25NO. The second-order valence-electron chi connectivity index (χ2n) is 4.98. The maximum atomic E-state index is 12.2. The third kappa shape index (κ3) is 3.86. The first-order chi connectivity index (χ1) is 8.60. The maximum absolute atomic E-state index is 12.2. The van der Waals surface area contributed by atoms with Crippen molar-refractivity contribution < 1.29 is 4.79 Å². The molecule has 0 bridgehead atoms. The molecule has 1 amide bonds. The standard InChI is InChI=1S/C16H25NO/c1-5-7-10-14(6-2)16(18)17-15-11-8-9-12(3)13(15)4/h8-9,11,14H,5-7,10H2,1-4H3,(H,17,18)/t14-/m0/s1. The number of hydrogen-bond acceptors (Lipinski definition) is 1. The van der Waals surface area contributed by atoms with Crippen LogP contribution in [0.15, 0.2) is 18.2 Å². The molecule has 1 aromatic carbocycles. The number of carbonyl (C=O) groups is 1. The summed E-state index contributed by atoms with van der Waals surface area (Å²) < 4.78 is 0. The minimum Gasteiger partial charge on any atom is -0.326 e. The summed E-state index contributed by atoms with van der Waals surface area (Å²) in [5.74, 6) is 0.310. The van der Waals surface area contributed by atoms with E-state index < -0.39 is 0 Å². The lowest BCUT2D eigenvalue weighted by Crippen LogP contribution is -2.22. The summed E-state index contributed by atoms with van der Waals surface area (Å²) in [6.45, 7) is 8.37. The quantitative estimate of drug-likeness (QED) is 0.790. The fraction of sp³-hybridized carbons (Fsp3) is 0.562. The topological polar surface area (TPSA) is 29.1 Å². The summed E-state index contributed by atoms with van der Waals surface area (Å²) in [4.78, 5) is 12.2. The van der Waals surface area contributed by atoms with E-state index in [-0.39, 0.29) is 11.8 Å². The number of amides is 1. The van der Waals surface area contributed by atoms with E-state index >= 15 is 0 Å². The van der Waals surface area contributed by atoms with Crippen molar-refractivity contribution >= 4 is 11.6 Å². The van der Waals surface area contributed by atoms with Crippen molar-refractivity contribution in [3.63, 3.8) is 0 Å². The highest BCUT2D eigenvalue weighted by molar-refractivity contribution is 5.93. The van der Waals surface area contributed by atoms with Gasteiger partial charge in [-0.1, -0.05) is 38.8 Å². The molecule has 1 rings (SSSR count). The Morgan fingerprint density at radius 1 is 1.28 bits per heavy atom. The average Bonchev–Trinajstić information content (AvgIpc) is 2.36. The molecule has 0 unspecified atom stereocenters. The van der Waals surface area contributed by atoms with Crippen LogP contribution >= 0.6 is 0 Å². The highest BCUT2D eigenvalue weighted by Crippen LogP contribution is 2.21. The summed E-state index contributed by atoms with van der Waals surface area (Å²) >= 11 is 0. The normalized spacial score (nSPS) is 12.2. The molecule has 0 spiro atoms. The minimum absolute atomic E-state index is 0.143. The van der Waals surface area contributed by atoms with Gasteiger partial charge >= 0.3 is 0 Å². The summed E-state index contributed by atoms with van der Waals surface area (Å²) in [6, 6.07) is 6.04. The van der Waals surface area contributed by atoms with Crippen molar-refractivity contribution in [1.29, 1.82) is 0 Å². The van der Waals surface area contributed by atoms with Gasteiger partial charge in [0, 0.05) is 11.6 Å². The summed E-state index contributed by atoms with van der Waals surface area (Å²) in [5, 5.41) is 3.07. The number of hydrogen-bond donors (Lipinski definition) is 1. The van der Waals surface area contributed by atoms with E-state index in [1.54, 1.807) is 0 Å². The molecule has 0 aliphatic rings. The molecule has 0 aliphatic heterocycles. The van der Waals surface area contributed by atoms with E-state index in [1.807, 2.05) is 12.1 Å². The molecule has 100 valence electrons. The van der Waals surface area contributed by atoms with Crippen molar-refractivity contribution in [3.05, 3.63) is 29.3 Å². The van der Waals surface area contributed by atoms with Gasteiger partial charge in [-0.15, -0.1) is 0 Å². The average molecular weight is 247 g/mol. The zero-order chi connectivity index (χ0) is 13.5. The molecule has 0 saturated carbocycles. The van der Waals surface area contributed by atoms with Gasteiger partial charge in [0.15, 0.2) is 0 Å². The molecule has 2 nitrogen and oxygen atoms in total. The van der Waals surface area contributed by atoms with Crippen LogP contribution in [0.5, 0.6) is 0 Å². The summed E-state index contributed by atoms with van der Waals surface area (Å²) in [6.07, 6.45) is 4.17. The van der Waals surface area contributed by atoms with E-state index in [0.717, 1.165) is 36.9 Å². The summed E-state index contributed by atoms with van der Waals surface area (Å²) in [5.41, 5.74) is 3.33. The zero-order valence-electron chi connectivity index (χ0n) is 12.0. The Labute approximate surface area is 111 Å². The maximum Gasteiger partial charge on any atom is 0.227 e. The van der Waals surface area contributed by atoms with Gasteiger partial charge in [-0.05, 0) is 43.9 Å². The highest BCUT2D eigenvalue weighted by Gasteiger charge is 2.16. The van der Waals surface area contributed by atoms with Crippen molar-refractivity contribution in [2.24, 2.45) is 5.92 Å². The lowest BCUT2D eigenvalue weighted by molar-refractivity contribution is -0.120. The molecule has 0 saturated heterocycles. The number of unbranched alkanes of at least 4 members (excludes halogenated alkanes) is 1. The van der Waals surface area contributed by atoms with Crippen LogP contribution < -0.4 is 5.32 Å². The van der Waals surface area contributed by atoms with Crippen LogP contribution in [0.1, 0.15) is 50.7 Å². The molecule has 1 atom stereocenters. The minimum atomic E-state index is 0.143. The third-order valence-corrected chi connectivity index (χ3v) is 3.63. The van der Waals surface area contributed by atoms with Gasteiger partial charge in [-0.2, -0.15) is 0 Å². The van der Waals surface area contributed by atoms with E-state index in [2.05, 4.69) is 39.1 Å². The number of anilines is 1. The van der Waals surface area contributed by atoms with Crippen molar-refractivity contribution in [2.75, 3.05) is 5.32 Å². The first kappa shape index (κ1) is 14.7. The largest absolute Gasteiger partial charge is 0.326 e. The van der Waals surface area contributed by atoms with Crippen molar-refractivity contribution in [1.82, 2.24) is 0 Å². The molecule has 0 fully saturated rings. The summed E-state index contributed by atoms with van der Waals surface area (Å²) in [7, 11) is 0. The smallest absolute Gasteiger partial charge is 0.227 e. The Bertz CT molecular complexity index is 398. The van der Waals surface area contributed by atoms with Crippen LogP contribution in [-0.4, -0.2) is 5.91 Å². The second-order valence-corrected chi connectivity index (χ2v) is 4.98. The van der Waals surface area contributed by atoms with E-state index in [0.29, 0.717) is 0 Å². The van der Waals surface area contributed by atoms with Crippen molar-refractivity contribution in [3.8, 4) is 0 Å². The number of nitrogens with one attached hydrogen (secondary N) is 1. The fourth-order valence-corrected chi connectivity index (χ4v) is 2.09. The van der Waals surface area contributed by atoms with Crippen LogP contribution in [0.3, 0.4) is 0 Å². The van der Waals surface area contributed by atoms with Crippen LogP contribution in [0.2, 0.25) is 0 Å². The Morgan fingerprint density at radius 3 is 2.61 bits per heavy atom. The lowest BCUT2D eigenvalue weighted by atomic mass is 9.98. The van der Waals surface area contributed by atoms with Gasteiger partial charge < -0.3 is 5.32 Å². The van der Waals surface area contributed by atoms with Gasteiger partial charge in [0.2, 0.25) is 5.91 Å². The molecule has 1 aromatic rings. The first-order valence-electron chi connectivity index (χ1n) is 6.97. The fourth-order valence-electron chi connectivity index (χ4n) is 2.09. The first-order valence-corrected chi connectivity index (χ1v) is 6.97. The van der Waals surface area contributed by atoms with Gasteiger partial charge in [0.05, 0.1) is 0 Å². The van der Waals surface area contributed by atoms with Gasteiger partial charge in [0.1, 0.15) is 0 Å². The van der Waals surface area contributed by atoms with Crippen LogP contribution in [0.25, 0.3) is 0 Å². The Hall–Kier alpha value is -1.31. The number of carbonyl (C=O) groups excluding carboxylic acids is 1. The Kier molecular flexibility index (Phi) is 5.90. The Morgan fingerprint density at radius 2 is 2.00 bits per heavy atom. The highest BCUT2D eigenvalue weighted by atomic mass is 16.1. The molecule has 0 radical (unpaired) electrons. The molecular weight excluding hydrogens is 222 g/mol. The molecule has 2 heteroatoms. The predicted octanol–water partition coefficient (Wildman–Crippen LogP) is 4.46. The number of aryl methyl sites for hydroxylation is 1. The third-order valence-electron chi connectivity index (χ3n) is 3.63. The van der Waals surface area contributed by atoms with E-state index in [1.165, 1.54) is 5.56 Å². The predicted molar refractivity (Wildman–Crippen MR) is 77.9 cm³/mol. The van der Waals surface area contributed by atoms with E-state index in [4.69, 9.17) is 0 Å². The van der Waals surface area contributed by atoms with E-state index in [9.17, 15) is 4.79 Å². The van der Waals surface area contributed by atoms with Gasteiger partial charge in [-0.25, -0.2) is 0 Å². The lowest BCUT2D eigenvalue weighted by Gasteiger charge is -2.16.